The average molecular weight is 311 g/mol. The van der Waals surface area contributed by atoms with Gasteiger partial charge in [-0.15, -0.1) is 10.1 Å². The maximum atomic E-state index is 11.6. The fourth-order valence-corrected chi connectivity index (χ4v) is 1.62. The van der Waals surface area contributed by atoms with Crippen LogP contribution in [0.15, 0.2) is 30.3 Å². The van der Waals surface area contributed by atoms with Gasteiger partial charge in [0.1, 0.15) is 12.6 Å². The van der Waals surface area contributed by atoms with Crippen molar-refractivity contribution in [2.24, 2.45) is 5.73 Å². The lowest BCUT2D eigenvalue weighted by Crippen LogP contribution is -2.43. The van der Waals surface area contributed by atoms with E-state index < -0.39 is 23.2 Å². The highest BCUT2D eigenvalue weighted by Crippen LogP contribution is 2.03. The van der Waals surface area contributed by atoms with Crippen LogP contribution in [0.3, 0.4) is 0 Å². The minimum atomic E-state index is -1.23. The molecule has 22 heavy (non-hydrogen) atoms. The number of ether oxygens (including phenoxy) is 1. The van der Waals surface area contributed by atoms with Gasteiger partial charge in [0, 0.05) is 0 Å². The van der Waals surface area contributed by atoms with Gasteiger partial charge in [0.05, 0.1) is 0 Å². The Balaban J connectivity index is 2.50. The monoisotopic (exact) mass is 311 g/mol. The Kier molecular flexibility index (Phi) is 7.34. The van der Waals surface area contributed by atoms with Crippen molar-refractivity contribution in [2.75, 3.05) is 6.54 Å². The van der Waals surface area contributed by atoms with E-state index in [0.717, 1.165) is 5.56 Å². The van der Waals surface area contributed by atoms with Crippen LogP contribution >= 0.6 is 0 Å². The molecular weight excluding hydrogens is 294 g/mol. The van der Waals surface area contributed by atoms with Crippen LogP contribution in [0.25, 0.3) is 0 Å². The number of nitrogens with one attached hydrogen (secondary N) is 1. The number of amides is 1. The minimum absolute atomic E-state index is 0.0145. The van der Waals surface area contributed by atoms with Crippen molar-refractivity contribution in [1.29, 1.82) is 0 Å². The lowest BCUT2D eigenvalue weighted by molar-refractivity contribution is -0.730. The lowest BCUT2D eigenvalue weighted by Gasteiger charge is -2.15. The predicted molar refractivity (Wildman–Crippen MR) is 74.9 cm³/mol. The summed E-state index contributed by atoms with van der Waals surface area (Å²) in [6, 6.07) is 7.74. The zero-order valence-corrected chi connectivity index (χ0v) is 11.8. The molecule has 0 bridgehead atoms. The van der Waals surface area contributed by atoms with E-state index in [1.165, 1.54) is 0 Å². The standard InChI is InChI=1S/C13H17N3O6/c14-8-4-7-11(12(17)22-16(19)20)15-13(18)21-9-10-5-2-1-3-6-10/h1-3,5-6,11H,4,7-9,14H2,(H,15,18). The Bertz CT molecular complexity index is 508. The fourth-order valence-electron chi connectivity index (χ4n) is 1.62. The molecule has 0 spiro atoms. The van der Waals surface area contributed by atoms with Crippen LogP contribution in [0.2, 0.25) is 0 Å². The van der Waals surface area contributed by atoms with E-state index in [0.29, 0.717) is 6.42 Å². The molecule has 0 aliphatic heterocycles. The van der Waals surface area contributed by atoms with Crippen LogP contribution in [0, 0.1) is 10.1 Å². The number of nitrogens with zero attached hydrogens (tertiary/aromatic N) is 1. The molecule has 0 saturated carbocycles. The molecule has 1 amide bonds. The van der Waals surface area contributed by atoms with Crippen molar-refractivity contribution in [1.82, 2.24) is 5.32 Å². The lowest BCUT2D eigenvalue weighted by atomic mass is 10.1. The second-order valence-corrected chi connectivity index (χ2v) is 4.32. The first-order valence-electron chi connectivity index (χ1n) is 6.56. The Labute approximate surface area is 126 Å². The van der Waals surface area contributed by atoms with Crippen molar-refractivity contribution >= 4 is 12.1 Å². The van der Waals surface area contributed by atoms with Gasteiger partial charge in [-0.3, -0.25) is 4.79 Å². The summed E-state index contributed by atoms with van der Waals surface area (Å²) >= 11 is 0. The summed E-state index contributed by atoms with van der Waals surface area (Å²) < 4.78 is 4.93. The average Bonchev–Trinajstić information content (AvgIpc) is 2.49. The van der Waals surface area contributed by atoms with E-state index in [-0.39, 0.29) is 19.6 Å². The molecule has 0 aliphatic carbocycles. The van der Waals surface area contributed by atoms with E-state index in [2.05, 4.69) is 10.2 Å². The predicted octanol–water partition coefficient (Wildman–Crippen LogP) is 0.755. The third-order valence-electron chi connectivity index (χ3n) is 2.65. The topological polar surface area (TPSA) is 134 Å². The summed E-state index contributed by atoms with van der Waals surface area (Å²) in [7, 11) is 0. The highest BCUT2D eigenvalue weighted by atomic mass is 17.0. The van der Waals surface area contributed by atoms with Gasteiger partial charge in [0.15, 0.2) is 0 Å². The molecule has 1 aromatic carbocycles. The summed E-state index contributed by atoms with van der Waals surface area (Å²) in [5.41, 5.74) is 6.08. The summed E-state index contributed by atoms with van der Waals surface area (Å²) in [6.07, 6.45) is -0.369. The quantitative estimate of drug-likeness (QED) is 0.534. The van der Waals surface area contributed by atoms with Crippen molar-refractivity contribution in [3.8, 4) is 0 Å². The summed E-state index contributed by atoms with van der Waals surface area (Å²) in [5, 5.41) is 11.2. The number of alkyl carbamates (subject to hydrolysis) is 1. The molecule has 1 aromatic rings. The second-order valence-electron chi connectivity index (χ2n) is 4.32. The molecule has 9 nitrogen and oxygen atoms in total. The summed E-state index contributed by atoms with van der Waals surface area (Å²) in [6.45, 7) is 0.281. The van der Waals surface area contributed by atoms with E-state index in [4.69, 9.17) is 10.5 Å². The van der Waals surface area contributed by atoms with Gasteiger partial charge in [-0.2, -0.15) is 0 Å². The largest absolute Gasteiger partial charge is 0.445 e. The van der Waals surface area contributed by atoms with Crippen molar-refractivity contribution in [2.45, 2.75) is 25.5 Å². The number of carbonyl (C=O) groups is 2. The number of carbonyl (C=O) groups excluding carboxylic acids is 2. The van der Waals surface area contributed by atoms with Crippen LogP contribution < -0.4 is 11.1 Å². The Morgan fingerprint density at radius 2 is 2.00 bits per heavy atom. The van der Waals surface area contributed by atoms with Crippen molar-refractivity contribution in [3.63, 3.8) is 0 Å². The van der Waals surface area contributed by atoms with E-state index >= 15 is 0 Å². The fraction of sp³-hybridized carbons (Fsp3) is 0.385. The molecule has 1 atom stereocenters. The van der Waals surface area contributed by atoms with Gasteiger partial charge in [0.25, 0.3) is 0 Å². The van der Waals surface area contributed by atoms with E-state index in [9.17, 15) is 19.7 Å². The molecule has 120 valence electrons. The van der Waals surface area contributed by atoms with Gasteiger partial charge in [-0.05, 0) is 24.9 Å². The number of hydrogen-bond donors (Lipinski definition) is 2. The van der Waals surface area contributed by atoms with Crippen LogP contribution in [-0.4, -0.2) is 29.7 Å². The van der Waals surface area contributed by atoms with Crippen molar-refractivity contribution < 1.29 is 24.3 Å². The van der Waals surface area contributed by atoms with Crippen molar-refractivity contribution in [3.05, 3.63) is 46.0 Å². The number of nitrogens with two attached hydrogens (primary N) is 1. The van der Waals surface area contributed by atoms with Crippen LogP contribution in [0.4, 0.5) is 4.79 Å². The molecule has 3 N–H and O–H groups in total. The van der Waals surface area contributed by atoms with Gasteiger partial charge in [-0.1, -0.05) is 30.3 Å². The number of hydrogen-bond acceptors (Lipinski definition) is 7. The smallest absolute Gasteiger partial charge is 0.408 e. The van der Waals surface area contributed by atoms with Gasteiger partial charge < -0.3 is 15.8 Å². The molecule has 9 heteroatoms. The first-order chi connectivity index (χ1) is 10.5. The van der Waals surface area contributed by atoms with Crippen LogP contribution in [0.5, 0.6) is 0 Å². The van der Waals surface area contributed by atoms with Crippen LogP contribution in [-0.2, 0) is 21.0 Å². The number of rotatable bonds is 8. The zero-order chi connectivity index (χ0) is 16.4. The first kappa shape index (κ1) is 17.4. The van der Waals surface area contributed by atoms with E-state index in [1.54, 1.807) is 24.3 Å². The first-order valence-corrected chi connectivity index (χ1v) is 6.56. The molecule has 0 aromatic heterocycles. The molecule has 0 fully saturated rings. The third-order valence-corrected chi connectivity index (χ3v) is 2.65. The van der Waals surface area contributed by atoms with Crippen LogP contribution in [0.1, 0.15) is 18.4 Å². The maximum Gasteiger partial charge on any atom is 0.408 e. The molecular formula is C13H17N3O6. The molecule has 0 saturated heterocycles. The SMILES string of the molecule is NCCCC(NC(=O)OCc1ccccc1)C(=O)O[N+](=O)[O-]. The molecule has 1 rings (SSSR count). The molecule has 1 unspecified atom stereocenters. The normalized spacial score (nSPS) is 11.3. The second kappa shape index (κ2) is 9.29. The third kappa shape index (κ3) is 6.66. The highest BCUT2D eigenvalue weighted by molar-refractivity contribution is 5.80. The van der Waals surface area contributed by atoms with Gasteiger partial charge >= 0.3 is 17.1 Å². The maximum absolute atomic E-state index is 11.6. The highest BCUT2D eigenvalue weighted by Gasteiger charge is 2.24. The Hall–Kier alpha value is -2.68. The van der Waals surface area contributed by atoms with Gasteiger partial charge in [-0.25, -0.2) is 9.63 Å². The molecule has 0 heterocycles. The Morgan fingerprint density at radius 1 is 1.32 bits per heavy atom. The summed E-state index contributed by atoms with van der Waals surface area (Å²) in [4.78, 5) is 37.2. The summed E-state index contributed by atoms with van der Waals surface area (Å²) in [5.74, 6) is -1.17. The van der Waals surface area contributed by atoms with E-state index in [1.807, 2.05) is 6.07 Å². The Morgan fingerprint density at radius 3 is 2.59 bits per heavy atom. The molecule has 0 radical (unpaired) electrons. The zero-order valence-electron chi connectivity index (χ0n) is 11.8. The number of benzene rings is 1. The molecule has 0 aliphatic rings. The van der Waals surface area contributed by atoms with Gasteiger partial charge in [0.2, 0.25) is 0 Å². The minimum Gasteiger partial charge on any atom is -0.445 e.